The first-order chi connectivity index (χ1) is 15.2. The Balaban J connectivity index is 2.33. The molecule has 2 atom stereocenters. The lowest BCUT2D eigenvalue weighted by atomic mass is 10.0. The third-order valence-electron chi connectivity index (χ3n) is 5.47. The molecule has 4 heteroatoms. The molecule has 4 nitrogen and oxygen atoms in total. The molecule has 0 aromatic heterocycles. The molecule has 0 bridgehead atoms. The number of esters is 2. The van der Waals surface area contributed by atoms with E-state index < -0.39 is 0 Å². The Hall–Kier alpha value is -2.36. The second kappa shape index (κ2) is 15.4. The third-order valence-corrected chi connectivity index (χ3v) is 5.47. The number of hydrogen-bond donors (Lipinski definition) is 0. The Kier molecular flexibility index (Phi) is 13.4. The van der Waals surface area contributed by atoms with Crippen LogP contribution < -0.4 is 0 Å². The van der Waals surface area contributed by atoms with Crippen LogP contribution in [0.1, 0.15) is 101 Å². The van der Waals surface area contributed by atoms with Crippen LogP contribution in [0.25, 0.3) is 0 Å². The van der Waals surface area contributed by atoms with Crippen molar-refractivity contribution in [1.82, 2.24) is 0 Å². The zero-order chi connectivity index (χ0) is 23.9. The molecule has 1 aromatic rings. The topological polar surface area (TPSA) is 52.6 Å². The van der Waals surface area contributed by atoms with Gasteiger partial charge in [0.05, 0.1) is 24.3 Å². The van der Waals surface area contributed by atoms with Crippen LogP contribution in [0, 0.1) is 11.8 Å². The first-order valence-electron chi connectivity index (χ1n) is 11.9. The van der Waals surface area contributed by atoms with Gasteiger partial charge in [0, 0.05) is 0 Å². The highest BCUT2D eigenvalue weighted by molar-refractivity contribution is 5.93. The smallest absolute Gasteiger partial charge is 0.338 e. The summed E-state index contributed by atoms with van der Waals surface area (Å²) in [7, 11) is 0. The lowest BCUT2D eigenvalue weighted by molar-refractivity contribution is 0.0469. The molecular weight excluding hydrogens is 400 g/mol. The normalized spacial score (nSPS) is 12.4. The SMILES string of the molecule is CC(C)=CCCC(C)CCOC(=O)c1ccc(C(=O)OCCC(C)CCC=C(C)C)cc1. The molecule has 0 aliphatic carbocycles. The highest BCUT2D eigenvalue weighted by atomic mass is 16.5. The predicted molar refractivity (Wildman–Crippen MR) is 132 cm³/mol. The molecule has 32 heavy (non-hydrogen) atoms. The van der Waals surface area contributed by atoms with Gasteiger partial charge in [0.2, 0.25) is 0 Å². The number of hydrogen-bond acceptors (Lipinski definition) is 4. The number of carbonyl (C=O) groups is 2. The molecule has 0 saturated heterocycles. The van der Waals surface area contributed by atoms with E-state index in [0.717, 1.165) is 38.5 Å². The minimum Gasteiger partial charge on any atom is -0.462 e. The Labute approximate surface area is 195 Å². The zero-order valence-corrected chi connectivity index (χ0v) is 20.9. The van der Waals surface area contributed by atoms with Crippen LogP contribution in [0.3, 0.4) is 0 Å². The lowest BCUT2D eigenvalue weighted by Crippen LogP contribution is -2.11. The Morgan fingerprint density at radius 3 is 1.34 bits per heavy atom. The van der Waals surface area contributed by atoms with Gasteiger partial charge in [0.15, 0.2) is 0 Å². The summed E-state index contributed by atoms with van der Waals surface area (Å²) in [5.41, 5.74) is 3.57. The number of ether oxygens (including phenoxy) is 2. The summed E-state index contributed by atoms with van der Waals surface area (Å²) < 4.78 is 10.8. The van der Waals surface area contributed by atoms with Crippen LogP contribution in [0.2, 0.25) is 0 Å². The van der Waals surface area contributed by atoms with Gasteiger partial charge >= 0.3 is 11.9 Å². The Morgan fingerprint density at radius 1 is 0.688 bits per heavy atom. The summed E-state index contributed by atoms with van der Waals surface area (Å²) in [6.07, 6.45) is 10.5. The maximum atomic E-state index is 12.2. The monoisotopic (exact) mass is 442 g/mol. The van der Waals surface area contributed by atoms with Crippen LogP contribution in [-0.2, 0) is 9.47 Å². The maximum Gasteiger partial charge on any atom is 0.338 e. The molecular formula is C28H42O4. The summed E-state index contributed by atoms with van der Waals surface area (Å²) >= 11 is 0. The van der Waals surface area contributed by atoms with Crippen LogP contribution >= 0.6 is 0 Å². The number of carbonyl (C=O) groups excluding carboxylic acids is 2. The molecule has 0 spiro atoms. The van der Waals surface area contributed by atoms with Gasteiger partial charge in [-0.05, 0) is 102 Å². The zero-order valence-electron chi connectivity index (χ0n) is 20.9. The third kappa shape index (κ3) is 12.5. The maximum absolute atomic E-state index is 12.2. The van der Waals surface area contributed by atoms with Crippen molar-refractivity contribution in [2.75, 3.05) is 13.2 Å². The van der Waals surface area contributed by atoms with E-state index in [1.54, 1.807) is 24.3 Å². The van der Waals surface area contributed by atoms with Crippen molar-refractivity contribution >= 4 is 11.9 Å². The largest absolute Gasteiger partial charge is 0.462 e. The van der Waals surface area contributed by atoms with Gasteiger partial charge < -0.3 is 9.47 Å². The minimum absolute atomic E-state index is 0.355. The van der Waals surface area contributed by atoms with E-state index in [1.807, 2.05) is 0 Å². The molecule has 0 aliphatic rings. The molecule has 0 heterocycles. The van der Waals surface area contributed by atoms with E-state index >= 15 is 0 Å². The van der Waals surface area contributed by atoms with Crippen molar-refractivity contribution in [3.63, 3.8) is 0 Å². The van der Waals surface area contributed by atoms with Gasteiger partial charge in [-0.1, -0.05) is 37.1 Å². The molecule has 0 N–H and O–H groups in total. The summed E-state index contributed by atoms with van der Waals surface area (Å²) in [4.78, 5) is 24.5. The number of rotatable bonds is 14. The summed E-state index contributed by atoms with van der Waals surface area (Å²) in [5.74, 6) is 0.300. The fourth-order valence-electron chi connectivity index (χ4n) is 3.22. The molecule has 1 aromatic carbocycles. The standard InChI is InChI=1S/C28H42O4/c1-21(2)9-7-11-23(5)17-19-31-27(29)25-13-15-26(16-14-25)28(30)32-20-18-24(6)12-8-10-22(3)4/h9-10,13-16,23-24H,7-8,11-12,17-20H2,1-6H3. The van der Waals surface area contributed by atoms with Crippen LogP contribution in [0.15, 0.2) is 47.6 Å². The van der Waals surface area contributed by atoms with Crippen molar-refractivity contribution in [2.24, 2.45) is 11.8 Å². The van der Waals surface area contributed by atoms with Gasteiger partial charge in [0.1, 0.15) is 0 Å². The summed E-state index contributed by atoms with van der Waals surface area (Å²) in [5, 5.41) is 0. The number of benzene rings is 1. The van der Waals surface area contributed by atoms with E-state index in [0.29, 0.717) is 36.2 Å². The van der Waals surface area contributed by atoms with Gasteiger partial charge in [-0.15, -0.1) is 0 Å². The van der Waals surface area contributed by atoms with Crippen molar-refractivity contribution in [2.45, 2.75) is 80.1 Å². The highest BCUT2D eigenvalue weighted by Crippen LogP contribution is 2.15. The van der Waals surface area contributed by atoms with Crippen molar-refractivity contribution in [3.05, 3.63) is 58.7 Å². The van der Waals surface area contributed by atoms with Crippen molar-refractivity contribution in [3.8, 4) is 0 Å². The average molecular weight is 443 g/mol. The number of allylic oxidation sites excluding steroid dienone is 4. The highest BCUT2D eigenvalue weighted by Gasteiger charge is 2.12. The van der Waals surface area contributed by atoms with Crippen molar-refractivity contribution in [1.29, 1.82) is 0 Å². The predicted octanol–water partition coefficient (Wildman–Crippen LogP) is 7.55. The van der Waals surface area contributed by atoms with E-state index in [2.05, 4.69) is 53.7 Å². The van der Waals surface area contributed by atoms with Crippen molar-refractivity contribution < 1.29 is 19.1 Å². The first kappa shape index (κ1) is 27.7. The molecule has 2 unspecified atom stereocenters. The van der Waals surface area contributed by atoms with Gasteiger partial charge in [-0.3, -0.25) is 0 Å². The van der Waals surface area contributed by atoms with E-state index in [-0.39, 0.29) is 11.9 Å². The lowest BCUT2D eigenvalue weighted by Gasteiger charge is -2.11. The first-order valence-corrected chi connectivity index (χ1v) is 11.9. The molecule has 1 rings (SSSR count). The van der Waals surface area contributed by atoms with E-state index in [9.17, 15) is 9.59 Å². The average Bonchev–Trinajstić information content (AvgIpc) is 2.73. The molecule has 178 valence electrons. The minimum atomic E-state index is -0.355. The summed E-state index contributed by atoms with van der Waals surface area (Å²) in [6, 6.07) is 6.50. The Bertz CT molecular complexity index is 685. The Morgan fingerprint density at radius 2 is 1.03 bits per heavy atom. The van der Waals surface area contributed by atoms with E-state index in [4.69, 9.17) is 9.47 Å². The summed E-state index contributed by atoms with van der Waals surface area (Å²) in [6.45, 7) is 13.6. The van der Waals surface area contributed by atoms with Gasteiger partial charge in [0.25, 0.3) is 0 Å². The fourth-order valence-corrected chi connectivity index (χ4v) is 3.22. The van der Waals surface area contributed by atoms with Crippen LogP contribution in [0.4, 0.5) is 0 Å². The van der Waals surface area contributed by atoms with Crippen LogP contribution in [-0.4, -0.2) is 25.2 Å². The second-order valence-electron chi connectivity index (χ2n) is 9.35. The van der Waals surface area contributed by atoms with E-state index in [1.165, 1.54) is 11.1 Å². The van der Waals surface area contributed by atoms with Crippen LogP contribution in [0.5, 0.6) is 0 Å². The second-order valence-corrected chi connectivity index (χ2v) is 9.35. The molecule has 0 saturated carbocycles. The molecule has 0 fully saturated rings. The van der Waals surface area contributed by atoms with Gasteiger partial charge in [-0.25, -0.2) is 9.59 Å². The quantitative estimate of drug-likeness (QED) is 0.220. The molecule has 0 aliphatic heterocycles. The molecule has 0 radical (unpaired) electrons. The van der Waals surface area contributed by atoms with Gasteiger partial charge in [-0.2, -0.15) is 0 Å². The fraction of sp³-hybridized carbons (Fsp3) is 0.571. The molecule has 0 amide bonds.